The predicted molar refractivity (Wildman–Crippen MR) is 79.9 cm³/mol. The molecule has 5 nitrogen and oxygen atoms in total. The van der Waals surface area contributed by atoms with Crippen LogP contribution in [0.2, 0.25) is 0 Å². The molecule has 0 bridgehead atoms. The largest absolute Gasteiger partial charge is 0.491 e. The van der Waals surface area contributed by atoms with Gasteiger partial charge in [-0.1, -0.05) is 12.1 Å². The molecule has 1 aliphatic heterocycles. The van der Waals surface area contributed by atoms with E-state index in [1.54, 1.807) is 6.20 Å². The molecule has 2 N–H and O–H groups in total. The van der Waals surface area contributed by atoms with Gasteiger partial charge in [0, 0.05) is 18.7 Å². The predicted octanol–water partition coefficient (Wildman–Crippen LogP) is 2.42. The lowest BCUT2D eigenvalue weighted by Crippen LogP contribution is -2.11. The Balaban J connectivity index is 2.46. The molecular formula is C15H17N3O2. The molecule has 0 fully saturated rings. The van der Waals surface area contributed by atoms with Gasteiger partial charge in [0.2, 0.25) is 5.91 Å². The van der Waals surface area contributed by atoms with Crippen molar-refractivity contribution >= 4 is 17.3 Å². The molecule has 1 amide bonds. The Kier molecular flexibility index (Phi) is 4.55. The van der Waals surface area contributed by atoms with Crippen LogP contribution in [0.3, 0.4) is 0 Å². The fourth-order valence-corrected chi connectivity index (χ4v) is 1.87. The molecule has 1 aromatic rings. The van der Waals surface area contributed by atoms with Gasteiger partial charge in [0.15, 0.2) is 5.75 Å². The molecule has 0 saturated heterocycles. The van der Waals surface area contributed by atoms with Crippen molar-refractivity contribution in [2.45, 2.75) is 13.8 Å². The number of ether oxygens (including phenoxy) is 1. The number of nitrogens with one attached hydrogen (secondary N) is 2. The zero-order valence-electron chi connectivity index (χ0n) is 11.5. The average Bonchev–Trinajstić information content (AvgIpc) is 2.69. The van der Waals surface area contributed by atoms with E-state index >= 15 is 0 Å². The maximum Gasteiger partial charge on any atom is 0.221 e. The van der Waals surface area contributed by atoms with Crippen LogP contribution in [0.5, 0.6) is 5.75 Å². The molecule has 0 saturated carbocycles. The van der Waals surface area contributed by atoms with Crippen LogP contribution in [-0.4, -0.2) is 18.2 Å². The first-order valence-electron chi connectivity index (χ1n) is 6.42. The van der Waals surface area contributed by atoms with Gasteiger partial charge in [-0.05, 0) is 31.2 Å². The highest BCUT2D eigenvalue weighted by atomic mass is 16.5. The van der Waals surface area contributed by atoms with E-state index in [1.165, 1.54) is 6.92 Å². The summed E-state index contributed by atoms with van der Waals surface area (Å²) in [5.41, 5.74) is 5.04. The van der Waals surface area contributed by atoms with E-state index in [-0.39, 0.29) is 5.91 Å². The van der Waals surface area contributed by atoms with Gasteiger partial charge >= 0.3 is 0 Å². The molecule has 5 heteroatoms. The standard InChI is InChI=1S/C15H17N3O2/c1-3-20-15-12(13-8-4-5-10-16-18-13)7-6-9-14(15)17-11(2)19/h4-10,16H,3H2,1-2H3,(H,17,19). The quantitative estimate of drug-likeness (QED) is 0.884. The monoisotopic (exact) mass is 271 g/mol. The SMILES string of the molecule is CCOc1c(NC(C)=O)cccc1C1=NNC=CC=C1. The summed E-state index contributed by atoms with van der Waals surface area (Å²) in [6.45, 7) is 3.88. The van der Waals surface area contributed by atoms with Gasteiger partial charge in [0.25, 0.3) is 0 Å². The zero-order valence-corrected chi connectivity index (χ0v) is 11.5. The van der Waals surface area contributed by atoms with Gasteiger partial charge in [-0.25, -0.2) is 0 Å². The fraction of sp³-hybridized carbons (Fsp3) is 0.200. The zero-order chi connectivity index (χ0) is 14.4. The number of allylic oxidation sites excluding steroid dienone is 3. The van der Waals surface area contributed by atoms with Crippen LogP contribution in [-0.2, 0) is 4.79 Å². The fourth-order valence-electron chi connectivity index (χ4n) is 1.87. The molecule has 0 spiro atoms. The number of nitrogens with zero attached hydrogens (tertiary/aromatic N) is 1. The van der Waals surface area contributed by atoms with Gasteiger partial charge in [-0.2, -0.15) is 5.10 Å². The van der Waals surface area contributed by atoms with Crippen molar-refractivity contribution in [3.63, 3.8) is 0 Å². The van der Waals surface area contributed by atoms with Crippen LogP contribution in [0, 0.1) is 0 Å². The minimum atomic E-state index is -0.138. The summed E-state index contributed by atoms with van der Waals surface area (Å²) in [7, 11) is 0. The van der Waals surface area contributed by atoms with Crippen LogP contribution in [0.4, 0.5) is 5.69 Å². The first-order chi connectivity index (χ1) is 9.72. The number of carbonyl (C=O) groups is 1. The van der Waals surface area contributed by atoms with Crippen LogP contribution in [0.1, 0.15) is 19.4 Å². The van der Waals surface area contributed by atoms with E-state index in [0.29, 0.717) is 18.0 Å². The Labute approximate surface area is 118 Å². The molecule has 0 unspecified atom stereocenters. The van der Waals surface area contributed by atoms with E-state index in [4.69, 9.17) is 4.74 Å². The van der Waals surface area contributed by atoms with E-state index in [9.17, 15) is 4.79 Å². The maximum absolute atomic E-state index is 11.3. The Bertz CT molecular complexity index is 589. The molecule has 0 aromatic heterocycles. The number of rotatable bonds is 4. The van der Waals surface area contributed by atoms with Crippen LogP contribution >= 0.6 is 0 Å². The number of hydrogen-bond donors (Lipinski definition) is 2. The topological polar surface area (TPSA) is 62.7 Å². The minimum Gasteiger partial charge on any atom is -0.491 e. The lowest BCUT2D eigenvalue weighted by atomic mass is 10.1. The third-order valence-corrected chi connectivity index (χ3v) is 2.61. The molecule has 1 aliphatic rings. The summed E-state index contributed by atoms with van der Waals surface area (Å²) >= 11 is 0. The van der Waals surface area contributed by atoms with Crippen molar-refractivity contribution in [1.82, 2.24) is 5.43 Å². The molecule has 104 valence electrons. The second-order valence-electron chi connectivity index (χ2n) is 4.14. The number of hydrazone groups is 1. The van der Waals surface area contributed by atoms with Crippen molar-refractivity contribution in [2.75, 3.05) is 11.9 Å². The first kappa shape index (κ1) is 13.9. The highest BCUT2D eigenvalue weighted by Gasteiger charge is 2.14. The third-order valence-electron chi connectivity index (χ3n) is 2.61. The average molecular weight is 271 g/mol. The van der Waals surface area contributed by atoms with Gasteiger partial charge in [0.05, 0.1) is 18.0 Å². The lowest BCUT2D eigenvalue weighted by Gasteiger charge is -2.15. The van der Waals surface area contributed by atoms with Gasteiger partial charge < -0.3 is 10.1 Å². The van der Waals surface area contributed by atoms with Crippen molar-refractivity contribution < 1.29 is 9.53 Å². The van der Waals surface area contributed by atoms with Crippen LogP contribution in [0.25, 0.3) is 0 Å². The van der Waals surface area contributed by atoms with E-state index < -0.39 is 0 Å². The number of anilines is 1. The van der Waals surface area contributed by atoms with Crippen LogP contribution < -0.4 is 15.5 Å². The number of benzene rings is 1. The Morgan fingerprint density at radius 1 is 1.40 bits per heavy atom. The van der Waals surface area contributed by atoms with Crippen molar-refractivity contribution in [1.29, 1.82) is 0 Å². The maximum atomic E-state index is 11.3. The molecular weight excluding hydrogens is 254 g/mol. The van der Waals surface area contributed by atoms with E-state index in [1.807, 2.05) is 43.4 Å². The van der Waals surface area contributed by atoms with Crippen molar-refractivity contribution in [2.24, 2.45) is 5.10 Å². The van der Waals surface area contributed by atoms with E-state index in [0.717, 1.165) is 11.3 Å². The normalized spacial score (nSPS) is 13.2. The van der Waals surface area contributed by atoms with Crippen LogP contribution in [0.15, 0.2) is 47.7 Å². The molecule has 1 aromatic carbocycles. The Hall–Kier alpha value is -2.56. The molecule has 0 aliphatic carbocycles. The molecule has 0 radical (unpaired) electrons. The smallest absolute Gasteiger partial charge is 0.221 e. The number of hydrogen-bond acceptors (Lipinski definition) is 4. The Morgan fingerprint density at radius 3 is 3.00 bits per heavy atom. The number of carbonyl (C=O) groups excluding carboxylic acids is 1. The second-order valence-corrected chi connectivity index (χ2v) is 4.14. The molecule has 1 heterocycles. The molecule has 2 rings (SSSR count). The lowest BCUT2D eigenvalue weighted by molar-refractivity contribution is -0.114. The summed E-state index contributed by atoms with van der Waals surface area (Å²) in [6.07, 6.45) is 7.36. The van der Waals surface area contributed by atoms with Gasteiger partial charge in [-0.3, -0.25) is 10.2 Å². The summed E-state index contributed by atoms with van der Waals surface area (Å²) < 4.78 is 5.69. The minimum absolute atomic E-state index is 0.138. The third kappa shape index (κ3) is 3.26. The summed E-state index contributed by atoms with van der Waals surface area (Å²) in [5, 5.41) is 7.03. The highest BCUT2D eigenvalue weighted by molar-refractivity contribution is 6.12. The Morgan fingerprint density at radius 2 is 2.25 bits per heavy atom. The van der Waals surface area contributed by atoms with Gasteiger partial charge in [0.1, 0.15) is 0 Å². The number of amides is 1. The van der Waals surface area contributed by atoms with Crippen molar-refractivity contribution in [3.8, 4) is 5.75 Å². The first-order valence-corrected chi connectivity index (χ1v) is 6.42. The summed E-state index contributed by atoms with van der Waals surface area (Å²) in [6, 6.07) is 5.58. The number of para-hydroxylation sites is 1. The summed E-state index contributed by atoms with van der Waals surface area (Å²) in [4.78, 5) is 11.3. The molecule has 0 atom stereocenters. The summed E-state index contributed by atoms with van der Waals surface area (Å²) in [5.74, 6) is 0.485. The molecule has 20 heavy (non-hydrogen) atoms. The van der Waals surface area contributed by atoms with Crippen molar-refractivity contribution in [3.05, 3.63) is 48.2 Å². The highest BCUT2D eigenvalue weighted by Crippen LogP contribution is 2.30. The van der Waals surface area contributed by atoms with Gasteiger partial charge in [-0.15, -0.1) is 0 Å². The van der Waals surface area contributed by atoms with E-state index in [2.05, 4.69) is 15.8 Å². The second kappa shape index (κ2) is 6.56.